The van der Waals surface area contributed by atoms with Crippen molar-refractivity contribution in [1.82, 2.24) is 24.0 Å². The van der Waals surface area contributed by atoms with E-state index >= 15 is 4.39 Å². The molecule has 0 saturated carbocycles. The second-order valence-electron chi connectivity index (χ2n) is 12.9. The van der Waals surface area contributed by atoms with E-state index in [-0.39, 0.29) is 21.7 Å². The third kappa shape index (κ3) is 8.81. The molecule has 262 valence electrons. The number of aryl methyl sites for hydroxylation is 2. The van der Waals surface area contributed by atoms with Crippen LogP contribution in [0.1, 0.15) is 44.6 Å². The molecule has 1 aliphatic heterocycles. The van der Waals surface area contributed by atoms with Gasteiger partial charge in [-0.15, -0.1) is 0 Å². The van der Waals surface area contributed by atoms with Crippen molar-refractivity contribution < 1.29 is 27.1 Å². The summed E-state index contributed by atoms with van der Waals surface area (Å²) >= 11 is 0. The number of carbonyl (C=O) groups is 1. The van der Waals surface area contributed by atoms with Gasteiger partial charge in [-0.25, -0.2) is 22.3 Å². The van der Waals surface area contributed by atoms with Gasteiger partial charge >= 0.3 is 6.03 Å². The first-order chi connectivity index (χ1) is 23.2. The predicted molar refractivity (Wildman–Crippen MR) is 187 cm³/mol. The molecule has 0 aliphatic carbocycles. The summed E-state index contributed by atoms with van der Waals surface area (Å²) in [6, 6.07) is 13.6. The first kappa shape index (κ1) is 35.9. The minimum Gasteiger partial charge on any atom is -0.457 e. The Labute approximate surface area is 287 Å². The Kier molecular flexibility index (Phi) is 11.0. The van der Waals surface area contributed by atoms with E-state index in [1.54, 1.807) is 60.3 Å². The molecule has 2 amide bonds. The van der Waals surface area contributed by atoms with Crippen molar-refractivity contribution in [3.63, 3.8) is 0 Å². The van der Waals surface area contributed by atoms with Gasteiger partial charge in [-0.3, -0.25) is 15.2 Å². The lowest BCUT2D eigenvalue weighted by Gasteiger charge is -2.29. The van der Waals surface area contributed by atoms with Crippen molar-refractivity contribution in [3.05, 3.63) is 83.6 Å². The Balaban J connectivity index is 1.34. The number of rotatable bonds is 11. The van der Waals surface area contributed by atoms with Crippen molar-refractivity contribution in [2.75, 3.05) is 56.6 Å². The van der Waals surface area contributed by atoms with Gasteiger partial charge in [0, 0.05) is 68.2 Å². The molecule has 0 bridgehead atoms. The number of hydrogen-bond acceptors (Lipinski definition) is 8. The van der Waals surface area contributed by atoms with Crippen molar-refractivity contribution in [3.8, 4) is 17.2 Å². The molecule has 12 nitrogen and oxygen atoms in total. The largest absolute Gasteiger partial charge is 0.457 e. The maximum Gasteiger partial charge on any atom is 0.324 e. The summed E-state index contributed by atoms with van der Waals surface area (Å²) in [7, 11) is -3.77. The average molecular weight is 694 g/mol. The van der Waals surface area contributed by atoms with Gasteiger partial charge < -0.3 is 14.8 Å². The van der Waals surface area contributed by atoms with Crippen molar-refractivity contribution in [1.29, 1.82) is 0 Å². The van der Waals surface area contributed by atoms with Crippen LogP contribution in [-0.2, 0) is 20.2 Å². The molecule has 1 aliphatic rings. The average Bonchev–Trinajstić information content (AvgIpc) is 3.47. The normalized spacial score (nSPS) is 14.2. The van der Waals surface area contributed by atoms with E-state index in [9.17, 15) is 13.2 Å². The first-order valence-corrected chi connectivity index (χ1v) is 17.7. The van der Waals surface area contributed by atoms with Crippen LogP contribution in [0.2, 0.25) is 0 Å². The molecule has 4 aromatic rings. The lowest BCUT2D eigenvalue weighted by molar-refractivity contribution is 0.0364. The fourth-order valence-corrected chi connectivity index (χ4v) is 7.05. The van der Waals surface area contributed by atoms with E-state index in [1.165, 1.54) is 16.4 Å². The van der Waals surface area contributed by atoms with Gasteiger partial charge in [0.05, 0.1) is 35.2 Å². The number of pyridine rings is 1. The number of sulfonamides is 1. The molecule has 1 saturated heterocycles. The zero-order valence-corrected chi connectivity index (χ0v) is 29.6. The van der Waals surface area contributed by atoms with E-state index in [0.717, 1.165) is 18.8 Å². The number of morpholine rings is 1. The molecule has 3 heterocycles. The number of anilines is 2. The number of likely N-dealkylation sites (N-methyl/N-ethyl adjacent to an activating group) is 1. The lowest BCUT2D eigenvalue weighted by Crippen LogP contribution is -2.43. The number of urea groups is 1. The molecule has 0 radical (unpaired) electrons. The lowest BCUT2D eigenvalue weighted by atomic mass is 9.92. The van der Waals surface area contributed by atoms with Gasteiger partial charge in [-0.1, -0.05) is 27.7 Å². The fourth-order valence-electron chi connectivity index (χ4n) is 5.40. The second-order valence-corrected chi connectivity index (χ2v) is 14.8. The van der Waals surface area contributed by atoms with E-state index in [4.69, 9.17) is 14.6 Å². The Morgan fingerprint density at radius 1 is 1.02 bits per heavy atom. The molecule has 2 aromatic heterocycles. The second kappa shape index (κ2) is 15.0. The number of carbonyl (C=O) groups excluding carboxylic acids is 1. The zero-order chi connectivity index (χ0) is 35.3. The van der Waals surface area contributed by atoms with Crippen LogP contribution in [0.15, 0.2) is 65.7 Å². The topological polar surface area (TPSA) is 131 Å². The minimum absolute atomic E-state index is 0.0441. The molecule has 5 rings (SSSR count). The number of halogens is 1. The summed E-state index contributed by atoms with van der Waals surface area (Å²) in [5.41, 5.74) is 2.13. The van der Waals surface area contributed by atoms with E-state index < -0.39 is 21.9 Å². The third-order valence-electron chi connectivity index (χ3n) is 8.15. The number of ether oxygens (including phenoxy) is 2. The number of aromatic nitrogens is 3. The van der Waals surface area contributed by atoms with Crippen LogP contribution in [0.5, 0.6) is 11.5 Å². The van der Waals surface area contributed by atoms with Crippen LogP contribution in [0.25, 0.3) is 5.69 Å². The highest BCUT2D eigenvalue weighted by Gasteiger charge is 2.27. The molecular formula is C35H44FN7O5S. The standard InChI is InChI=1S/C35H44FN7O5S/c1-7-42(15-14-41-16-18-47-19-17-41)49(45,46)31-11-8-26(20-24(31)2)43-33(23-32(40-43)35(4,5)6)39-34(44)38-30-10-9-27(22-29(30)36)48-28-12-13-37-25(3)21-28/h8-13,20-23H,7,14-19H2,1-6H3,(H2,38,39,44). The van der Waals surface area contributed by atoms with Crippen molar-refractivity contribution in [2.45, 2.75) is 51.9 Å². The summed E-state index contributed by atoms with van der Waals surface area (Å²) < 4.78 is 56.7. The minimum atomic E-state index is -3.77. The van der Waals surface area contributed by atoms with Gasteiger partial charge in [-0.05, 0) is 55.8 Å². The van der Waals surface area contributed by atoms with Crippen LogP contribution >= 0.6 is 0 Å². The summed E-state index contributed by atoms with van der Waals surface area (Å²) in [5.74, 6) is 0.426. The smallest absolute Gasteiger partial charge is 0.324 e. The molecule has 2 N–H and O–H groups in total. The van der Waals surface area contributed by atoms with Gasteiger partial charge in [0.15, 0.2) is 0 Å². The Hall–Kier alpha value is -4.37. The summed E-state index contributed by atoms with van der Waals surface area (Å²) in [6.07, 6.45) is 1.60. The molecule has 0 atom stereocenters. The van der Waals surface area contributed by atoms with E-state index in [0.29, 0.717) is 61.4 Å². The number of nitrogens with zero attached hydrogens (tertiary/aromatic N) is 5. The van der Waals surface area contributed by atoms with Gasteiger partial charge in [0.1, 0.15) is 23.1 Å². The highest BCUT2D eigenvalue weighted by Crippen LogP contribution is 2.30. The number of nitrogens with one attached hydrogen (secondary N) is 2. The number of hydrogen-bond donors (Lipinski definition) is 2. The van der Waals surface area contributed by atoms with Crippen LogP contribution in [-0.4, -0.2) is 84.4 Å². The molecule has 2 aromatic carbocycles. The predicted octanol–water partition coefficient (Wildman–Crippen LogP) is 6.10. The van der Waals surface area contributed by atoms with Crippen LogP contribution in [0.3, 0.4) is 0 Å². The zero-order valence-electron chi connectivity index (χ0n) is 28.8. The van der Waals surface area contributed by atoms with Gasteiger partial charge in [0.25, 0.3) is 0 Å². The number of benzene rings is 2. The SMILES string of the molecule is CCN(CCN1CCOCC1)S(=O)(=O)c1ccc(-n2nc(C(C)(C)C)cc2NC(=O)Nc2ccc(Oc3ccnc(C)c3)cc2F)cc1C. The van der Waals surface area contributed by atoms with Crippen LogP contribution in [0.4, 0.5) is 20.7 Å². The quantitative estimate of drug-likeness (QED) is 0.193. The summed E-state index contributed by atoms with van der Waals surface area (Å²) in [4.78, 5) is 19.7. The molecule has 1 fully saturated rings. The van der Waals surface area contributed by atoms with E-state index in [2.05, 4.69) is 20.5 Å². The highest BCUT2D eigenvalue weighted by molar-refractivity contribution is 7.89. The van der Waals surface area contributed by atoms with Crippen LogP contribution in [0, 0.1) is 19.7 Å². The first-order valence-electron chi connectivity index (χ1n) is 16.2. The monoisotopic (exact) mass is 693 g/mol. The highest BCUT2D eigenvalue weighted by atomic mass is 32.2. The molecule has 0 spiro atoms. The third-order valence-corrected chi connectivity index (χ3v) is 10.3. The summed E-state index contributed by atoms with van der Waals surface area (Å²) in [6.45, 7) is 15.6. The van der Waals surface area contributed by atoms with Crippen LogP contribution < -0.4 is 15.4 Å². The Morgan fingerprint density at radius 3 is 2.41 bits per heavy atom. The Bertz CT molecular complexity index is 1900. The fraction of sp³-hybridized carbons (Fsp3) is 0.400. The maximum absolute atomic E-state index is 15.0. The van der Waals surface area contributed by atoms with Gasteiger partial charge in [-0.2, -0.15) is 9.40 Å². The van der Waals surface area contributed by atoms with E-state index in [1.807, 2.05) is 34.6 Å². The summed E-state index contributed by atoms with van der Waals surface area (Å²) in [5, 5.41) is 10.1. The maximum atomic E-state index is 15.0. The molecular weight excluding hydrogens is 649 g/mol. The van der Waals surface area contributed by atoms with Crippen molar-refractivity contribution in [2.24, 2.45) is 0 Å². The molecule has 49 heavy (non-hydrogen) atoms. The van der Waals surface area contributed by atoms with Crippen molar-refractivity contribution >= 4 is 27.6 Å². The van der Waals surface area contributed by atoms with Gasteiger partial charge in [0.2, 0.25) is 10.0 Å². The molecule has 0 unspecified atom stereocenters. The number of amides is 2. The molecule has 14 heteroatoms. The Morgan fingerprint density at radius 2 is 1.76 bits per heavy atom.